The smallest absolute Gasteiger partial charge is 0.335 e. The predicted molar refractivity (Wildman–Crippen MR) is 72.9 cm³/mol. The lowest BCUT2D eigenvalue weighted by molar-refractivity contribution is 0.0696. The van der Waals surface area contributed by atoms with Gasteiger partial charge in [0.1, 0.15) is 5.82 Å². The first kappa shape index (κ1) is 13.7. The normalized spacial score (nSPS) is 10.1. The maximum atomic E-state index is 12.1. The third-order valence-electron chi connectivity index (χ3n) is 2.72. The van der Waals surface area contributed by atoms with E-state index in [9.17, 15) is 9.59 Å². The molecule has 102 valence electrons. The Labute approximate surface area is 115 Å². The van der Waals surface area contributed by atoms with E-state index in [0.29, 0.717) is 11.3 Å². The van der Waals surface area contributed by atoms with Crippen LogP contribution in [-0.4, -0.2) is 27.0 Å². The van der Waals surface area contributed by atoms with Crippen molar-refractivity contribution >= 4 is 17.7 Å². The third kappa shape index (κ3) is 2.97. The lowest BCUT2D eigenvalue weighted by Gasteiger charge is -2.07. The number of carboxylic acid groups (broad SMARTS) is 1. The number of aromatic nitrogens is 2. The summed E-state index contributed by atoms with van der Waals surface area (Å²) in [7, 11) is 0. The van der Waals surface area contributed by atoms with Gasteiger partial charge in [0, 0.05) is 11.9 Å². The number of carbonyl (C=O) groups excluding carboxylic acids is 1. The van der Waals surface area contributed by atoms with Crippen molar-refractivity contribution in [3.63, 3.8) is 0 Å². The van der Waals surface area contributed by atoms with Crippen LogP contribution in [0.4, 0.5) is 5.82 Å². The molecule has 0 aliphatic heterocycles. The monoisotopic (exact) mass is 271 g/mol. The molecule has 0 aromatic carbocycles. The summed E-state index contributed by atoms with van der Waals surface area (Å²) in [5, 5.41) is 11.4. The standard InChI is InChI=1S/C14H13N3O3/c1-8-3-4-11(9(2)16-8)13(18)17-12-7-10(14(19)20)5-6-15-12/h3-7H,1-2H3,(H,19,20)(H,15,17,18). The van der Waals surface area contributed by atoms with Gasteiger partial charge in [0.05, 0.1) is 16.8 Å². The first-order valence-electron chi connectivity index (χ1n) is 5.92. The van der Waals surface area contributed by atoms with Crippen molar-refractivity contribution in [1.29, 1.82) is 0 Å². The molecule has 0 saturated carbocycles. The fraction of sp³-hybridized carbons (Fsp3) is 0.143. The number of carbonyl (C=O) groups is 2. The van der Waals surface area contributed by atoms with Crippen LogP contribution >= 0.6 is 0 Å². The summed E-state index contributed by atoms with van der Waals surface area (Å²) >= 11 is 0. The second-order valence-electron chi connectivity index (χ2n) is 4.27. The molecule has 1 amide bonds. The lowest BCUT2D eigenvalue weighted by Crippen LogP contribution is -2.15. The van der Waals surface area contributed by atoms with E-state index in [-0.39, 0.29) is 17.3 Å². The van der Waals surface area contributed by atoms with Crippen molar-refractivity contribution < 1.29 is 14.7 Å². The number of nitrogens with zero attached hydrogens (tertiary/aromatic N) is 2. The lowest BCUT2D eigenvalue weighted by atomic mass is 10.1. The highest BCUT2D eigenvalue weighted by atomic mass is 16.4. The van der Waals surface area contributed by atoms with Crippen LogP contribution in [0.2, 0.25) is 0 Å². The summed E-state index contributed by atoms with van der Waals surface area (Å²) in [5.41, 5.74) is 1.93. The molecule has 2 aromatic heterocycles. The molecule has 2 N–H and O–H groups in total. The molecule has 0 atom stereocenters. The number of aryl methyl sites for hydroxylation is 2. The number of amides is 1. The Morgan fingerprint density at radius 3 is 2.60 bits per heavy atom. The summed E-state index contributed by atoms with van der Waals surface area (Å²) in [4.78, 5) is 31.1. The maximum absolute atomic E-state index is 12.1. The van der Waals surface area contributed by atoms with E-state index in [4.69, 9.17) is 5.11 Å². The van der Waals surface area contributed by atoms with Crippen molar-refractivity contribution in [3.8, 4) is 0 Å². The topological polar surface area (TPSA) is 92.2 Å². The Morgan fingerprint density at radius 1 is 1.20 bits per heavy atom. The number of anilines is 1. The Kier molecular flexibility index (Phi) is 3.74. The largest absolute Gasteiger partial charge is 0.478 e. The van der Waals surface area contributed by atoms with E-state index in [2.05, 4.69) is 15.3 Å². The molecule has 6 nitrogen and oxygen atoms in total. The number of hydrogen-bond acceptors (Lipinski definition) is 4. The molecule has 0 spiro atoms. The van der Waals surface area contributed by atoms with Crippen molar-refractivity contribution in [1.82, 2.24) is 9.97 Å². The Bertz CT molecular complexity index is 683. The van der Waals surface area contributed by atoms with E-state index >= 15 is 0 Å². The number of aromatic carboxylic acids is 1. The molecule has 2 aromatic rings. The molecule has 20 heavy (non-hydrogen) atoms. The fourth-order valence-corrected chi connectivity index (χ4v) is 1.74. The molecule has 0 unspecified atom stereocenters. The SMILES string of the molecule is Cc1ccc(C(=O)Nc2cc(C(=O)O)ccn2)c(C)n1. The van der Waals surface area contributed by atoms with E-state index in [1.165, 1.54) is 18.3 Å². The zero-order valence-electron chi connectivity index (χ0n) is 11.0. The van der Waals surface area contributed by atoms with Crippen LogP contribution < -0.4 is 5.32 Å². The summed E-state index contributed by atoms with van der Waals surface area (Å²) in [5.74, 6) is -1.25. The van der Waals surface area contributed by atoms with Crippen molar-refractivity contribution in [2.45, 2.75) is 13.8 Å². The van der Waals surface area contributed by atoms with Crippen LogP contribution in [0.1, 0.15) is 32.1 Å². The highest BCUT2D eigenvalue weighted by Gasteiger charge is 2.12. The molecule has 6 heteroatoms. The van der Waals surface area contributed by atoms with E-state index in [0.717, 1.165) is 5.69 Å². The van der Waals surface area contributed by atoms with Crippen LogP contribution in [-0.2, 0) is 0 Å². The molecular weight excluding hydrogens is 258 g/mol. The number of carboxylic acids is 1. The van der Waals surface area contributed by atoms with Crippen LogP contribution in [0.15, 0.2) is 30.5 Å². The minimum absolute atomic E-state index is 0.0639. The van der Waals surface area contributed by atoms with Gasteiger partial charge in [-0.25, -0.2) is 9.78 Å². The average molecular weight is 271 g/mol. The number of nitrogens with one attached hydrogen (secondary N) is 1. The van der Waals surface area contributed by atoms with E-state index in [1.54, 1.807) is 19.1 Å². The second-order valence-corrected chi connectivity index (χ2v) is 4.27. The molecule has 0 radical (unpaired) electrons. The van der Waals surface area contributed by atoms with Gasteiger partial charge in [0.25, 0.3) is 5.91 Å². The quantitative estimate of drug-likeness (QED) is 0.891. The maximum Gasteiger partial charge on any atom is 0.335 e. The van der Waals surface area contributed by atoms with Crippen molar-refractivity contribution in [3.05, 3.63) is 53.0 Å². The number of hydrogen-bond donors (Lipinski definition) is 2. The van der Waals surface area contributed by atoms with Gasteiger partial charge in [-0.1, -0.05) is 0 Å². The van der Waals surface area contributed by atoms with Gasteiger partial charge in [-0.15, -0.1) is 0 Å². The zero-order chi connectivity index (χ0) is 14.7. The summed E-state index contributed by atoms with van der Waals surface area (Å²) in [6.07, 6.45) is 1.33. The van der Waals surface area contributed by atoms with Gasteiger partial charge in [-0.3, -0.25) is 9.78 Å². The second kappa shape index (κ2) is 5.48. The first-order valence-corrected chi connectivity index (χ1v) is 5.92. The van der Waals surface area contributed by atoms with Gasteiger partial charge in [-0.2, -0.15) is 0 Å². The molecule has 0 aliphatic rings. The number of pyridine rings is 2. The Morgan fingerprint density at radius 2 is 1.95 bits per heavy atom. The first-order chi connectivity index (χ1) is 9.47. The van der Waals surface area contributed by atoms with Crippen molar-refractivity contribution in [2.24, 2.45) is 0 Å². The number of rotatable bonds is 3. The van der Waals surface area contributed by atoms with Gasteiger partial charge in [0.15, 0.2) is 0 Å². The summed E-state index contributed by atoms with van der Waals surface area (Å²) in [6.45, 7) is 3.58. The van der Waals surface area contributed by atoms with Crippen LogP contribution in [0.3, 0.4) is 0 Å². The summed E-state index contributed by atoms with van der Waals surface area (Å²) < 4.78 is 0. The van der Waals surface area contributed by atoms with Gasteiger partial charge in [-0.05, 0) is 38.1 Å². The molecule has 0 saturated heterocycles. The molecule has 0 aliphatic carbocycles. The van der Waals surface area contributed by atoms with Crippen LogP contribution in [0.5, 0.6) is 0 Å². The minimum atomic E-state index is -1.07. The highest BCUT2D eigenvalue weighted by Crippen LogP contribution is 2.11. The Hall–Kier alpha value is -2.76. The molecule has 0 fully saturated rings. The fourth-order valence-electron chi connectivity index (χ4n) is 1.74. The molecular formula is C14H13N3O3. The predicted octanol–water partition coefficient (Wildman–Crippen LogP) is 2.04. The Balaban J connectivity index is 2.23. The summed E-state index contributed by atoms with van der Waals surface area (Å²) in [6, 6.07) is 6.07. The van der Waals surface area contributed by atoms with Crippen molar-refractivity contribution in [2.75, 3.05) is 5.32 Å². The van der Waals surface area contributed by atoms with E-state index < -0.39 is 5.97 Å². The molecule has 2 rings (SSSR count). The van der Waals surface area contributed by atoms with Gasteiger partial charge >= 0.3 is 5.97 Å². The van der Waals surface area contributed by atoms with Crippen LogP contribution in [0.25, 0.3) is 0 Å². The average Bonchev–Trinajstić information content (AvgIpc) is 2.38. The molecule has 2 heterocycles. The van der Waals surface area contributed by atoms with Gasteiger partial charge in [0.2, 0.25) is 0 Å². The van der Waals surface area contributed by atoms with Crippen LogP contribution in [0, 0.1) is 13.8 Å². The van der Waals surface area contributed by atoms with Gasteiger partial charge < -0.3 is 10.4 Å². The zero-order valence-corrected chi connectivity index (χ0v) is 11.0. The minimum Gasteiger partial charge on any atom is -0.478 e. The third-order valence-corrected chi connectivity index (χ3v) is 2.72. The van der Waals surface area contributed by atoms with E-state index in [1.807, 2.05) is 6.92 Å². The highest BCUT2D eigenvalue weighted by molar-refractivity contribution is 6.04. The molecule has 0 bridgehead atoms.